The zero-order valence-corrected chi connectivity index (χ0v) is 13.9. The van der Waals surface area contributed by atoms with Gasteiger partial charge in [-0.3, -0.25) is 5.01 Å². The lowest BCUT2D eigenvalue weighted by Gasteiger charge is -2.37. The summed E-state index contributed by atoms with van der Waals surface area (Å²) in [5.74, 6) is 0. The second-order valence-electron chi connectivity index (χ2n) is 6.63. The number of benzene rings is 2. The second kappa shape index (κ2) is 7.00. The van der Waals surface area contributed by atoms with Crippen LogP contribution in [0.25, 0.3) is 5.70 Å². The van der Waals surface area contributed by atoms with Crippen LogP contribution in [0.15, 0.2) is 77.1 Å². The maximum absolute atomic E-state index is 4.66. The van der Waals surface area contributed by atoms with E-state index in [0.717, 1.165) is 11.3 Å². The van der Waals surface area contributed by atoms with Gasteiger partial charge in [-0.15, -0.1) is 5.11 Å². The number of hydrogen-bond donors (Lipinski definition) is 0. The molecule has 1 aliphatic carbocycles. The fourth-order valence-corrected chi connectivity index (χ4v) is 3.72. The second-order valence-corrected chi connectivity index (χ2v) is 6.63. The molecule has 2 aromatic rings. The Morgan fingerprint density at radius 2 is 1.46 bits per heavy atom. The largest absolute Gasteiger partial charge is 0.264 e. The summed E-state index contributed by atoms with van der Waals surface area (Å²) >= 11 is 0. The maximum Gasteiger partial charge on any atom is 0.0945 e. The molecule has 1 heterocycles. The average molecular weight is 317 g/mol. The van der Waals surface area contributed by atoms with E-state index in [0.29, 0.717) is 6.04 Å². The van der Waals surface area contributed by atoms with Gasteiger partial charge in [-0.2, -0.15) is 0 Å². The van der Waals surface area contributed by atoms with Crippen LogP contribution in [0, 0.1) is 0 Å². The molecule has 2 aromatic carbocycles. The highest BCUT2D eigenvalue weighted by molar-refractivity contribution is 5.65. The van der Waals surface area contributed by atoms with Gasteiger partial charge in [0.1, 0.15) is 0 Å². The lowest BCUT2D eigenvalue weighted by molar-refractivity contribution is 0.116. The molecular formula is C21H23N3. The van der Waals surface area contributed by atoms with Gasteiger partial charge < -0.3 is 0 Å². The van der Waals surface area contributed by atoms with Gasteiger partial charge in [0.05, 0.1) is 11.7 Å². The Labute approximate surface area is 143 Å². The van der Waals surface area contributed by atoms with Crippen LogP contribution in [-0.2, 0) is 0 Å². The van der Waals surface area contributed by atoms with Crippen LogP contribution in [0.5, 0.6) is 0 Å². The monoisotopic (exact) mass is 317 g/mol. The van der Waals surface area contributed by atoms with Crippen LogP contribution in [0.4, 0.5) is 0 Å². The molecule has 0 bridgehead atoms. The van der Waals surface area contributed by atoms with Crippen molar-refractivity contribution >= 4 is 5.70 Å². The van der Waals surface area contributed by atoms with E-state index in [2.05, 4.69) is 76.0 Å². The Morgan fingerprint density at radius 1 is 0.792 bits per heavy atom. The third-order valence-electron chi connectivity index (χ3n) is 5.02. The third kappa shape index (κ3) is 3.12. The van der Waals surface area contributed by atoms with E-state index >= 15 is 0 Å². The molecule has 122 valence electrons. The van der Waals surface area contributed by atoms with Crippen LogP contribution in [0.1, 0.15) is 49.3 Å². The lowest BCUT2D eigenvalue weighted by atomic mass is 9.92. The number of hydrogen-bond acceptors (Lipinski definition) is 3. The Hall–Kier alpha value is -2.42. The first-order valence-electron chi connectivity index (χ1n) is 8.94. The summed E-state index contributed by atoms with van der Waals surface area (Å²) in [4.78, 5) is 0. The summed E-state index contributed by atoms with van der Waals surface area (Å²) in [6.07, 6.45) is 8.66. The van der Waals surface area contributed by atoms with E-state index in [9.17, 15) is 0 Å². The molecule has 0 aromatic heterocycles. The van der Waals surface area contributed by atoms with Gasteiger partial charge in [0.25, 0.3) is 0 Å². The van der Waals surface area contributed by atoms with Gasteiger partial charge in [-0.1, -0.05) is 85.1 Å². The highest BCUT2D eigenvalue weighted by Crippen LogP contribution is 2.37. The summed E-state index contributed by atoms with van der Waals surface area (Å²) in [7, 11) is 0. The lowest BCUT2D eigenvalue weighted by Crippen LogP contribution is -2.36. The standard InChI is InChI=1S/C21H23N3/c1-4-10-17(11-5-1)20-16-21(18-12-6-2-7-13-18)24(23-22-20)19-14-8-3-9-15-19/h1-2,4-7,10-13,16,19,21H,3,8-9,14-15H2. The smallest absolute Gasteiger partial charge is 0.0945 e. The van der Waals surface area contributed by atoms with Crippen molar-refractivity contribution in [2.24, 2.45) is 10.3 Å². The van der Waals surface area contributed by atoms with E-state index in [4.69, 9.17) is 0 Å². The third-order valence-corrected chi connectivity index (χ3v) is 5.02. The van der Waals surface area contributed by atoms with Crippen molar-refractivity contribution in [3.8, 4) is 0 Å². The van der Waals surface area contributed by atoms with Crippen molar-refractivity contribution in [2.75, 3.05) is 0 Å². The molecule has 3 nitrogen and oxygen atoms in total. The topological polar surface area (TPSA) is 28.0 Å². The normalized spacial score (nSPS) is 21.6. The first-order valence-corrected chi connectivity index (χ1v) is 8.94. The van der Waals surface area contributed by atoms with Crippen molar-refractivity contribution in [3.63, 3.8) is 0 Å². The zero-order valence-electron chi connectivity index (χ0n) is 13.9. The maximum atomic E-state index is 4.66. The molecule has 1 unspecified atom stereocenters. The average Bonchev–Trinajstić information content (AvgIpc) is 2.69. The number of rotatable bonds is 3. The summed E-state index contributed by atoms with van der Waals surface area (Å²) < 4.78 is 0. The van der Waals surface area contributed by atoms with Crippen molar-refractivity contribution in [1.29, 1.82) is 0 Å². The molecule has 2 aliphatic rings. The van der Waals surface area contributed by atoms with E-state index < -0.39 is 0 Å². The van der Waals surface area contributed by atoms with Gasteiger partial charge in [0, 0.05) is 11.6 Å². The van der Waals surface area contributed by atoms with Gasteiger partial charge in [0.15, 0.2) is 0 Å². The van der Waals surface area contributed by atoms with Crippen molar-refractivity contribution in [2.45, 2.75) is 44.2 Å². The fourth-order valence-electron chi connectivity index (χ4n) is 3.72. The molecule has 1 fully saturated rings. The van der Waals surface area contributed by atoms with Crippen LogP contribution < -0.4 is 0 Å². The minimum atomic E-state index is 0.169. The molecule has 1 saturated carbocycles. The van der Waals surface area contributed by atoms with Gasteiger partial charge >= 0.3 is 0 Å². The zero-order chi connectivity index (χ0) is 16.2. The molecular weight excluding hydrogens is 294 g/mol. The Morgan fingerprint density at radius 3 is 2.17 bits per heavy atom. The van der Waals surface area contributed by atoms with Crippen LogP contribution in [0.2, 0.25) is 0 Å². The van der Waals surface area contributed by atoms with E-state index in [1.165, 1.54) is 37.7 Å². The van der Waals surface area contributed by atoms with Gasteiger partial charge in [-0.25, -0.2) is 0 Å². The summed E-state index contributed by atoms with van der Waals surface area (Å²) in [6, 6.07) is 21.7. The fraction of sp³-hybridized carbons (Fsp3) is 0.333. The highest BCUT2D eigenvalue weighted by atomic mass is 15.6. The summed E-state index contributed by atoms with van der Waals surface area (Å²) in [6.45, 7) is 0. The van der Waals surface area contributed by atoms with Gasteiger partial charge in [-0.05, 0) is 24.5 Å². The molecule has 24 heavy (non-hydrogen) atoms. The van der Waals surface area contributed by atoms with Crippen molar-refractivity contribution in [3.05, 3.63) is 77.9 Å². The molecule has 3 heteroatoms. The first-order chi connectivity index (χ1) is 11.9. The van der Waals surface area contributed by atoms with Gasteiger partial charge in [0.2, 0.25) is 0 Å². The predicted octanol–water partition coefficient (Wildman–Crippen LogP) is 5.78. The Balaban J connectivity index is 1.69. The number of nitrogens with zero attached hydrogens (tertiary/aromatic N) is 3. The van der Waals surface area contributed by atoms with Crippen LogP contribution >= 0.6 is 0 Å². The van der Waals surface area contributed by atoms with E-state index in [-0.39, 0.29) is 6.04 Å². The molecule has 0 amide bonds. The van der Waals surface area contributed by atoms with E-state index in [1.54, 1.807) is 0 Å². The van der Waals surface area contributed by atoms with Crippen LogP contribution in [-0.4, -0.2) is 11.1 Å². The first kappa shape index (κ1) is 15.1. The highest BCUT2D eigenvalue weighted by Gasteiger charge is 2.29. The molecule has 0 saturated heterocycles. The molecule has 1 atom stereocenters. The molecule has 0 N–H and O–H groups in total. The molecule has 0 radical (unpaired) electrons. The molecule has 4 rings (SSSR count). The molecule has 0 spiro atoms. The van der Waals surface area contributed by atoms with E-state index in [1.807, 2.05) is 6.07 Å². The predicted molar refractivity (Wildman–Crippen MR) is 97.2 cm³/mol. The minimum absolute atomic E-state index is 0.169. The summed E-state index contributed by atoms with van der Waals surface area (Å²) in [5, 5.41) is 11.4. The van der Waals surface area contributed by atoms with Crippen LogP contribution in [0.3, 0.4) is 0 Å². The Bertz CT molecular complexity index is 715. The van der Waals surface area contributed by atoms with Crippen molar-refractivity contribution in [1.82, 2.24) is 5.01 Å². The SMILES string of the molecule is C1=C(c2ccccc2)N=NN(C2CCCCC2)C1c1ccccc1. The molecule has 1 aliphatic heterocycles. The summed E-state index contributed by atoms with van der Waals surface area (Å²) in [5.41, 5.74) is 3.39. The van der Waals surface area contributed by atoms with Crippen molar-refractivity contribution < 1.29 is 0 Å². The quantitative estimate of drug-likeness (QED) is 0.704. The Kier molecular flexibility index (Phi) is 4.41. The minimum Gasteiger partial charge on any atom is -0.264 e.